The van der Waals surface area contributed by atoms with Crippen molar-refractivity contribution >= 4 is 35.1 Å². The van der Waals surface area contributed by atoms with E-state index in [4.69, 9.17) is 9.47 Å². The maximum Gasteiger partial charge on any atom is 0.325 e. The Hall–Kier alpha value is -2.87. The number of nitrogens with zero attached hydrogens (tertiary/aromatic N) is 1. The SMILES string of the molecule is O=C(CN1CCSc2ccccc21)NC(=O)Nc1ccc2c(c1)OCCO2. The van der Waals surface area contributed by atoms with Gasteiger partial charge in [-0.05, 0) is 24.3 Å². The van der Waals surface area contributed by atoms with Crippen molar-refractivity contribution in [2.24, 2.45) is 0 Å². The Kier molecular flexibility index (Phi) is 5.06. The number of hydrogen-bond acceptors (Lipinski definition) is 6. The van der Waals surface area contributed by atoms with Crippen LogP contribution in [-0.4, -0.2) is 44.0 Å². The van der Waals surface area contributed by atoms with E-state index in [1.807, 2.05) is 29.2 Å². The minimum absolute atomic E-state index is 0.131. The van der Waals surface area contributed by atoms with E-state index in [1.54, 1.807) is 30.0 Å². The van der Waals surface area contributed by atoms with Gasteiger partial charge in [0.05, 0.1) is 12.2 Å². The lowest BCUT2D eigenvalue weighted by Crippen LogP contribution is -2.43. The Balaban J connectivity index is 1.34. The molecule has 0 saturated carbocycles. The number of urea groups is 1. The van der Waals surface area contributed by atoms with Crippen molar-refractivity contribution in [3.05, 3.63) is 42.5 Å². The van der Waals surface area contributed by atoms with Crippen LogP contribution in [0.3, 0.4) is 0 Å². The van der Waals surface area contributed by atoms with Crippen LogP contribution in [0, 0.1) is 0 Å². The van der Waals surface area contributed by atoms with E-state index in [9.17, 15) is 9.59 Å². The summed E-state index contributed by atoms with van der Waals surface area (Å²) >= 11 is 1.77. The van der Waals surface area contributed by atoms with Crippen LogP contribution in [-0.2, 0) is 4.79 Å². The molecule has 8 heteroatoms. The summed E-state index contributed by atoms with van der Waals surface area (Å²) in [5.74, 6) is 1.78. The lowest BCUT2D eigenvalue weighted by atomic mass is 10.2. The molecule has 2 aliphatic rings. The molecule has 0 radical (unpaired) electrons. The van der Waals surface area contributed by atoms with Crippen LogP contribution in [0.25, 0.3) is 0 Å². The smallest absolute Gasteiger partial charge is 0.325 e. The van der Waals surface area contributed by atoms with Gasteiger partial charge in [-0.15, -0.1) is 11.8 Å². The number of para-hydroxylation sites is 1. The minimum Gasteiger partial charge on any atom is -0.486 e. The zero-order chi connectivity index (χ0) is 18.6. The van der Waals surface area contributed by atoms with Crippen molar-refractivity contribution in [3.63, 3.8) is 0 Å². The molecule has 0 spiro atoms. The topological polar surface area (TPSA) is 79.9 Å². The number of fused-ring (bicyclic) bond motifs is 2. The van der Waals surface area contributed by atoms with Gasteiger partial charge in [0, 0.05) is 28.9 Å². The predicted molar refractivity (Wildman–Crippen MR) is 104 cm³/mol. The highest BCUT2D eigenvalue weighted by Gasteiger charge is 2.20. The lowest BCUT2D eigenvalue weighted by Gasteiger charge is -2.30. The number of imide groups is 1. The fraction of sp³-hybridized carbons (Fsp3) is 0.263. The summed E-state index contributed by atoms with van der Waals surface area (Å²) in [6, 6.07) is 12.5. The molecule has 0 aliphatic carbocycles. The normalized spacial score (nSPS) is 14.9. The molecule has 0 atom stereocenters. The number of carbonyl (C=O) groups excluding carboxylic acids is 2. The van der Waals surface area contributed by atoms with Crippen LogP contribution in [0.15, 0.2) is 47.4 Å². The molecule has 3 amide bonds. The summed E-state index contributed by atoms with van der Waals surface area (Å²) in [7, 11) is 0. The van der Waals surface area contributed by atoms with Gasteiger partial charge >= 0.3 is 6.03 Å². The second kappa shape index (κ2) is 7.79. The molecule has 4 rings (SSSR count). The Labute approximate surface area is 161 Å². The second-order valence-electron chi connectivity index (χ2n) is 6.10. The summed E-state index contributed by atoms with van der Waals surface area (Å²) in [4.78, 5) is 27.6. The molecule has 0 aromatic heterocycles. The first-order valence-electron chi connectivity index (χ1n) is 8.66. The Bertz CT molecular complexity index is 874. The van der Waals surface area contributed by atoms with Crippen molar-refractivity contribution in [2.45, 2.75) is 4.90 Å². The molecule has 2 aromatic rings. The number of hydrogen-bond donors (Lipinski definition) is 2. The molecule has 0 saturated heterocycles. The Morgan fingerprint density at radius 1 is 1.07 bits per heavy atom. The third-order valence-electron chi connectivity index (χ3n) is 4.21. The van der Waals surface area contributed by atoms with Crippen LogP contribution >= 0.6 is 11.8 Å². The first-order valence-corrected chi connectivity index (χ1v) is 9.65. The average molecular weight is 385 g/mol. The predicted octanol–water partition coefficient (Wildman–Crippen LogP) is 2.72. The molecule has 7 nitrogen and oxygen atoms in total. The number of thioether (sulfide) groups is 1. The third-order valence-corrected chi connectivity index (χ3v) is 5.26. The molecule has 2 aliphatic heterocycles. The first kappa shape index (κ1) is 17.5. The monoisotopic (exact) mass is 385 g/mol. The van der Waals surface area contributed by atoms with Crippen LogP contribution < -0.4 is 25.0 Å². The van der Waals surface area contributed by atoms with E-state index in [-0.39, 0.29) is 12.5 Å². The van der Waals surface area contributed by atoms with Crippen molar-refractivity contribution < 1.29 is 19.1 Å². The van der Waals surface area contributed by atoms with Crippen LogP contribution in [0.1, 0.15) is 0 Å². The fourth-order valence-corrected chi connectivity index (χ4v) is 4.07. The zero-order valence-electron chi connectivity index (χ0n) is 14.6. The number of benzene rings is 2. The Morgan fingerprint density at radius 2 is 1.89 bits per heavy atom. The maximum absolute atomic E-state index is 12.3. The van der Waals surface area contributed by atoms with Gasteiger partial charge in [0.2, 0.25) is 5.91 Å². The molecular weight excluding hydrogens is 366 g/mol. The van der Waals surface area contributed by atoms with E-state index in [2.05, 4.69) is 10.6 Å². The summed E-state index contributed by atoms with van der Waals surface area (Å²) in [6.45, 7) is 1.87. The van der Waals surface area contributed by atoms with E-state index < -0.39 is 6.03 Å². The summed E-state index contributed by atoms with van der Waals surface area (Å²) in [6.07, 6.45) is 0. The third kappa shape index (κ3) is 4.11. The zero-order valence-corrected chi connectivity index (χ0v) is 15.4. The van der Waals surface area contributed by atoms with Crippen LogP contribution in [0.2, 0.25) is 0 Å². The van der Waals surface area contributed by atoms with Crippen LogP contribution in [0.4, 0.5) is 16.2 Å². The van der Waals surface area contributed by atoms with Crippen molar-refractivity contribution in [1.29, 1.82) is 0 Å². The van der Waals surface area contributed by atoms with Gasteiger partial charge in [-0.2, -0.15) is 0 Å². The van der Waals surface area contributed by atoms with E-state index >= 15 is 0 Å². The minimum atomic E-state index is -0.573. The second-order valence-corrected chi connectivity index (χ2v) is 7.24. The maximum atomic E-state index is 12.3. The van der Waals surface area contributed by atoms with Crippen molar-refractivity contribution in [1.82, 2.24) is 5.32 Å². The van der Waals surface area contributed by atoms with Gasteiger partial charge in [0.25, 0.3) is 0 Å². The molecule has 140 valence electrons. The molecule has 2 N–H and O–H groups in total. The van der Waals surface area contributed by atoms with Gasteiger partial charge < -0.3 is 19.7 Å². The lowest BCUT2D eigenvalue weighted by molar-refractivity contribution is -0.118. The summed E-state index contributed by atoms with van der Waals surface area (Å²) in [5, 5.41) is 5.03. The van der Waals surface area contributed by atoms with E-state index in [0.29, 0.717) is 30.4 Å². The fourth-order valence-electron chi connectivity index (χ4n) is 3.01. The number of anilines is 2. The number of carbonyl (C=O) groups is 2. The van der Waals surface area contributed by atoms with Gasteiger partial charge in [0.1, 0.15) is 13.2 Å². The van der Waals surface area contributed by atoms with Gasteiger partial charge in [-0.1, -0.05) is 12.1 Å². The number of rotatable bonds is 3. The van der Waals surface area contributed by atoms with Crippen molar-refractivity contribution in [2.75, 3.05) is 42.3 Å². The molecular formula is C19H19N3O4S. The number of amides is 3. The van der Waals surface area contributed by atoms with Gasteiger partial charge in [0.15, 0.2) is 11.5 Å². The Morgan fingerprint density at radius 3 is 2.78 bits per heavy atom. The summed E-state index contributed by atoms with van der Waals surface area (Å²) in [5.41, 5.74) is 1.56. The van der Waals surface area contributed by atoms with Crippen LogP contribution in [0.5, 0.6) is 11.5 Å². The molecule has 0 bridgehead atoms. The van der Waals surface area contributed by atoms with Gasteiger partial charge in [-0.3, -0.25) is 10.1 Å². The summed E-state index contributed by atoms with van der Waals surface area (Å²) < 4.78 is 10.9. The molecule has 27 heavy (non-hydrogen) atoms. The quantitative estimate of drug-likeness (QED) is 0.846. The highest BCUT2D eigenvalue weighted by Crippen LogP contribution is 2.34. The first-order chi connectivity index (χ1) is 13.2. The standard InChI is InChI=1S/C19H19N3O4S/c23-18(12-22-7-10-27-17-4-2-1-3-14(17)22)21-19(24)20-13-5-6-15-16(11-13)26-9-8-25-15/h1-6,11H,7-10,12H2,(H2,20,21,23,24). The average Bonchev–Trinajstić information content (AvgIpc) is 2.68. The number of nitrogens with one attached hydrogen (secondary N) is 2. The molecule has 0 unspecified atom stereocenters. The van der Waals surface area contributed by atoms with Crippen molar-refractivity contribution in [3.8, 4) is 11.5 Å². The highest BCUT2D eigenvalue weighted by molar-refractivity contribution is 7.99. The highest BCUT2D eigenvalue weighted by atomic mass is 32.2. The number of ether oxygens (including phenoxy) is 2. The molecule has 0 fully saturated rings. The molecule has 2 aromatic carbocycles. The van der Waals surface area contributed by atoms with E-state index in [0.717, 1.165) is 22.9 Å². The molecule has 2 heterocycles. The van der Waals surface area contributed by atoms with Gasteiger partial charge in [-0.25, -0.2) is 4.79 Å². The largest absolute Gasteiger partial charge is 0.486 e. The van der Waals surface area contributed by atoms with E-state index in [1.165, 1.54) is 0 Å².